The van der Waals surface area contributed by atoms with Gasteiger partial charge in [0.15, 0.2) is 5.67 Å². The SMILES string of the molecule is CC(F)(CO)c1ccco1. The Kier molecular flexibility index (Phi) is 1.76. The van der Waals surface area contributed by atoms with Crippen LogP contribution in [0.25, 0.3) is 0 Å². The molecule has 1 N–H and O–H groups in total. The molecule has 1 rings (SSSR count). The summed E-state index contributed by atoms with van der Waals surface area (Å²) in [7, 11) is 0. The minimum Gasteiger partial charge on any atom is -0.466 e. The van der Waals surface area contributed by atoms with Crippen molar-refractivity contribution in [1.29, 1.82) is 0 Å². The number of rotatable bonds is 2. The van der Waals surface area contributed by atoms with E-state index in [1.54, 1.807) is 6.07 Å². The van der Waals surface area contributed by atoms with Crippen molar-refractivity contribution in [2.75, 3.05) is 6.61 Å². The van der Waals surface area contributed by atoms with Crippen LogP contribution in [0, 0.1) is 0 Å². The zero-order valence-electron chi connectivity index (χ0n) is 5.67. The van der Waals surface area contributed by atoms with Gasteiger partial charge in [-0.1, -0.05) is 0 Å². The minimum absolute atomic E-state index is 0.162. The van der Waals surface area contributed by atoms with Gasteiger partial charge >= 0.3 is 0 Å². The van der Waals surface area contributed by atoms with E-state index >= 15 is 0 Å². The van der Waals surface area contributed by atoms with Crippen molar-refractivity contribution in [1.82, 2.24) is 0 Å². The molecule has 0 radical (unpaired) electrons. The average molecular weight is 144 g/mol. The van der Waals surface area contributed by atoms with Crippen molar-refractivity contribution in [3.8, 4) is 0 Å². The molecule has 3 heteroatoms. The van der Waals surface area contributed by atoms with E-state index in [4.69, 9.17) is 9.52 Å². The standard InChI is InChI=1S/C7H9FO2/c1-7(8,5-9)6-3-2-4-10-6/h2-4,9H,5H2,1H3. The lowest BCUT2D eigenvalue weighted by Crippen LogP contribution is -2.18. The number of hydrogen-bond donors (Lipinski definition) is 1. The number of hydrogen-bond acceptors (Lipinski definition) is 2. The summed E-state index contributed by atoms with van der Waals surface area (Å²) >= 11 is 0. The third-order valence-corrected chi connectivity index (χ3v) is 1.33. The molecule has 2 nitrogen and oxygen atoms in total. The van der Waals surface area contributed by atoms with Crippen LogP contribution in [0.1, 0.15) is 12.7 Å². The van der Waals surface area contributed by atoms with Gasteiger partial charge in [-0.15, -0.1) is 0 Å². The van der Waals surface area contributed by atoms with E-state index < -0.39 is 12.3 Å². The zero-order valence-corrected chi connectivity index (χ0v) is 5.67. The molecular weight excluding hydrogens is 135 g/mol. The van der Waals surface area contributed by atoms with Crippen LogP contribution >= 0.6 is 0 Å². The molecule has 1 unspecified atom stereocenters. The van der Waals surface area contributed by atoms with E-state index in [0.29, 0.717) is 0 Å². The van der Waals surface area contributed by atoms with Crippen molar-refractivity contribution in [2.45, 2.75) is 12.6 Å². The third-order valence-electron chi connectivity index (χ3n) is 1.33. The molecule has 0 aliphatic rings. The van der Waals surface area contributed by atoms with Gasteiger partial charge in [-0.3, -0.25) is 0 Å². The molecule has 1 heterocycles. The average Bonchev–Trinajstić information content (AvgIpc) is 2.38. The van der Waals surface area contributed by atoms with Crippen LogP contribution in [0.2, 0.25) is 0 Å². The lowest BCUT2D eigenvalue weighted by Gasteiger charge is -2.12. The van der Waals surface area contributed by atoms with Crippen molar-refractivity contribution in [2.24, 2.45) is 0 Å². The first-order valence-electron chi connectivity index (χ1n) is 3.00. The molecule has 1 atom stereocenters. The lowest BCUT2D eigenvalue weighted by atomic mass is 10.1. The Bertz CT molecular complexity index is 191. The number of alkyl halides is 1. The Morgan fingerprint density at radius 1 is 1.80 bits per heavy atom. The van der Waals surface area contributed by atoms with E-state index in [-0.39, 0.29) is 5.76 Å². The summed E-state index contributed by atoms with van der Waals surface area (Å²) in [4.78, 5) is 0. The monoisotopic (exact) mass is 144 g/mol. The van der Waals surface area contributed by atoms with E-state index in [1.165, 1.54) is 19.3 Å². The fraction of sp³-hybridized carbons (Fsp3) is 0.429. The highest BCUT2D eigenvalue weighted by atomic mass is 19.1. The fourth-order valence-corrected chi connectivity index (χ4v) is 0.653. The van der Waals surface area contributed by atoms with Crippen LogP contribution in [0.15, 0.2) is 22.8 Å². The smallest absolute Gasteiger partial charge is 0.188 e. The van der Waals surface area contributed by atoms with Crippen molar-refractivity contribution in [3.05, 3.63) is 24.2 Å². The van der Waals surface area contributed by atoms with Gasteiger partial charge in [0.2, 0.25) is 0 Å². The summed E-state index contributed by atoms with van der Waals surface area (Å²) in [6, 6.07) is 3.08. The van der Waals surface area contributed by atoms with Crippen molar-refractivity contribution >= 4 is 0 Å². The van der Waals surface area contributed by atoms with Crippen LogP contribution in [0.3, 0.4) is 0 Å². The van der Waals surface area contributed by atoms with E-state index in [2.05, 4.69) is 0 Å². The quantitative estimate of drug-likeness (QED) is 0.681. The fourth-order valence-electron chi connectivity index (χ4n) is 0.653. The molecule has 0 aliphatic carbocycles. The van der Waals surface area contributed by atoms with Crippen molar-refractivity contribution in [3.63, 3.8) is 0 Å². The Morgan fingerprint density at radius 2 is 2.50 bits per heavy atom. The second-order valence-electron chi connectivity index (χ2n) is 2.33. The molecule has 0 aliphatic heterocycles. The summed E-state index contributed by atoms with van der Waals surface area (Å²) in [5.74, 6) is 0.162. The third kappa shape index (κ3) is 1.19. The van der Waals surface area contributed by atoms with Crippen LogP contribution in [0.4, 0.5) is 4.39 Å². The molecule has 1 aromatic rings. The number of furan rings is 1. The van der Waals surface area contributed by atoms with Gasteiger partial charge in [-0.2, -0.15) is 0 Å². The van der Waals surface area contributed by atoms with Gasteiger partial charge in [0.1, 0.15) is 5.76 Å². The molecule has 0 bridgehead atoms. The highest BCUT2D eigenvalue weighted by molar-refractivity contribution is 5.07. The normalized spacial score (nSPS) is 16.7. The molecule has 1 aromatic heterocycles. The summed E-state index contributed by atoms with van der Waals surface area (Å²) in [5, 5.41) is 8.53. The first kappa shape index (κ1) is 7.28. The molecule has 0 fully saturated rings. The van der Waals surface area contributed by atoms with Gasteiger partial charge in [0.25, 0.3) is 0 Å². The summed E-state index contributed by atoms with van der Waals surface area (Å²) < 4.78 is 17.8. The topological polar surface area (TPSA) is 33.4 Å². The predicted molar refractivity (Wildman–Crippen MR) is 34.3 cm³/mol. The summed E-state index contributed by atoms with van der Waals surface area (Å²) in [6.45, 7) is 0.715. The highest BCUT2D eigenvalue weighted by Gasteiger charge is 2.27. The van der Waals surface area contributed by atoms with E-state index in [0.717, 1.165) is 0 Å². The summed E-state index contributed by atoms with van der Waals surface area (Å²) in [6.07, 6.45) is 1.38. The number of aliphatic hydroxyl groups excluding tert-OH is 1. The first-order chi connectivity index (χ1) is 4.67. The molecule has 0 amide bonds. The highest BCUT2D eigenvalue weighted by Crippen LogP contribution is 2.24. The molecule has 0 saturated carbocycles. The Morgan fingerprint density at radius 3 is 2.90 bits per heavy atom. The maximum absolute atomic E-state index is 13.0. The molecule has 0 aromatic carbocycles. The van der Waals surface area contributed by atoms with Crippen LogP contribution < -0.4 is 0 Å². The van der Waals surface area contributed by atoms with Gasteiger partial charge in [-0.05, 0) is 19.1 Å². The van der Waals surface area contributed by atoms with Gasteiger partial charge in [0, 0.05) is 0 Å². The first-order valence-corrected chi connectivity index (χ1v) is 3.00. The van der Waals surface area contributed by atoms with E-state index in [9.17, 15) is 4.39 Å². The Hall–Kier alpha value is -0.830. The second-order valence-corrected chi connectivity index (χ2v) is 2.33. The summed E-state index contributed by atoms with van der Waals surface area (Å²) in [5.41, 5.74) is -1.75. The van der Waals surface area contributed by atoms with Gasteiger partial charge in [0.05, 0.1) is 12.9 Å². The van der Waals surface area contributed by atoms with Crippen LogP contribution in [-0.2, 0) is 5.67 Å². The van der Waals surface area contributed by atoms with Gasteiger partial charge in [-0.25, -0.2) is 4.39 Å². The molecule has 56 valence electrons. The maximum Gasteiger partial charge on any atom is 0.188 e. The Labute approximate surface area is 58.3 Å². The van der Waals surface area contributed by atoms with E-state index in [1.807, 2.05) is 0 Å². The molecule has 10 heavy (non-hydrogen) atoms. The predicted octanol–water partition coefficient (Wildman–Crippen LogP) is 1.46. The zero-order chi connectivity index (χ0) is 7.61. The largest absolute Gasteiger partial charge is 0.466 e. The molecular formula is C7H9FO2. The Balaban J connectivity index is 2.85. The lowest BCUT2D eigenvalue weighted by molar-refractivity contribution is 0.0655. The van der Waals surface area contributed by atoms with Crippen molar-refractivity contribution < 1.29 is 13.9 Å². The second kappa shape index (κ2) is 2.42. The van der Waals surface area contributed by atoms with Crippen LogP contribution in [0.5, 0.6) is 0 Å². The van der Waals surface area contributed by atoms with Crippen LogP contribution in [-0.4, -0.2) is 11.7 Å². The molecule has 0 spiro atoms. The van der Waals surface area contributed by atoms with Gasteiger partial charge < -0.3 is 9.52 Å². The maximum atomic E-state index is 13.0. The molecule has 0 saturated heterocycles. The minimum atomic E-state index is -1.75. The number of halogens is 1. The number of aliphatic hydroxyl groups is 1.